The molecule has 0 atom stereocenters. The Morgan fingerprint density at radius 3 is 1.03 bits per heavy atom. The summed E-state index contributed by atoms with van der Waals surface area (Å²) in [5.41, 5.74) is -0.407. The van der Waals surface area contributed by atoms with Crippen LogP contribution in [0.15, 0.2) is 0 Å². The monoisotopic (exact) mass is 466 g/mol. The quantitative estimate of drug-likeness (QED) is 0.425. The predicted octanol–water partition coefficient (Wildman–Crippen LogP) is 3.28. The van der Waals surface area contributed by atoms with Crippen molar-refractivity contribution < 1.29 is 83.7 Å². The molecule has 0 aromatic carbocycles. The van der Waals surface area contributed by atoms with Crippen molar-refractivity contribution in [3.05, 3.63) is 5.92 Å². The molecule has 30 heavy (non-hydrogen) atoms. The molecule has 2 N–H and O–H groups in total. The van der Waals surface area contributed by atoms with E-state index in [2.05, 4.69) is 69.2 Å². The Labute approximate surface area is 228 Å². The summed E-state index contributed by atoms with van der Waals surface area (Å²) < 4.78 is 40.8. The van der Waals surface area contributed by atoms with Crippen molar-refractivity contribution in [3.8, 4) is 0 Å². The summed E-state index contributed by atoms with van der Waals surface area (Å²) in [5.74, 6) is 1.42. The molecule has 1 saturated heterocycles. The van der Waals surface area contributed by atoms with Gasteiger partial charge in [0.1, 0.15) is 0 Å². The van der Waals surface area contributed by atoms with Gasteiger partial charge in [-0.15, -0.1) is 0 Å². The minimum absolute atomic E-state index is 0. The van der Waals surface area contributed by atoms with Crippen LogP contribution in [0.2, 0.25) is 10.6 Å². The summed E-state index contributed by atoms with van der Waals surface area (Å²) in [7, 11) is -4.97. The number of hydrogen-bond acceptors (Lipinski definition) is 4. The Morgan fingerprint density at radius 1 is 0.800 bits per heavy atom. The Kier molecular flexibility index (Phi) is 23.6. The number of rotatable bonds is 0. The van der Waals surface area contributed by atoms with E-state index >= 15 is 0 Å². The van der Waals surface area contributed by atoms with Crippen LogP contribution in [0.25, 0.3) is 0 Å². The molecule has 0 amide bonds. The molecule has 0 radical (unpaired) electrons. The van der Waals surface area contributed by atoms with Crippen LogP contribution < -0.4 is 51.4 Å². The van der Waals surface area contributed by atoms with Gasteiger partial charge in [-0.25, -0.2) is 0 Å². The van der Waals surface area contributed by atoms with E-state index in [-0.39, 0.29) is 87.8 Å². The number of hydrogen-bond donors (Lipinski definition) is 2. The molecule has 0 aromatic heterocycles. The van der Waals surface area contributed by atoms with Crippen LogP contribution >= 0.6 is 0 Å². The third kappa shape index (κ3) is 22.6. The normalized spacial score (nSPS) is 16.3. The maximum Gasteiger partial charge on any atom is 1.00 e. The Bertz CT molecular complexity index is 387. The molecule has 1 aliphatic rings. The fourth-order valence-electron chi connectivity index (χ4n) is 1.20. The Morgan fingerprint density at radius 2 is 0.967 bits per heavy atom. The molecule has 1 fully saturated rings. The molecule has 0 saturated carbocycles. The average molecular weight is 466 g/mol. The third-order valence-corrected chi connectivity index (χ3v) is 3.73. The van der Waals surface area contributed by atoms with E-state index in [0.717, 1.165) is 0 Å². The van der Waals surface area contributed by atoms with E-state index in [4.69, 9.17) is 19.4 Å². The molecule has 1 aliphatic heterocycles. The molecule has 4 nitrogen and oxygen atoms in total. The Balaban J connectivity index is -0.000000105. The van der Waals surface area contributed by atoms with Crippen molar-refractivity contribution in [2.45, 2.75) is 119 Å². The summed E-state index contributed by atoms with van der Waals surface area (Å²) >= 11 is 0. The fraction of sp³-hybridized carbons (Fsp3) is 0.947. The van der Waals surface area contributed by atoms with E-state index in [1.165, 1.54) is 5.92 Å². The standard InChI is InChI=1S/C10H21BO2.C4H11BO2.C4H9.CH4.BF3.K/c1-8(2,3)11-12-9(4,5)10(6,7)13-11;1-4(2,3)5(6)7;1-4(2)3;;2-1(3)4;/h1-7H3;6-7H,1-3H3;1-3H3;1H4;;/q;;-1;;;+1. The summed E-state index contributed by atoms with van der Waals surface area (Å²) in [6.45, 7) is 26.3. The SMILES string of the molecule is C.CC(C)(C)B(O)O.CC(C)(C)B1OC(C)(C)C(C)(C)O1.C[C-](C)C.FB(F)F.[K+]. The number of halogens is 3. The second kappa shape index (κ2) is 17.0. The van der Waals surface area contributed by atoms with Gasteiger partial charge in [-0.3, -0.25) is 12.9 Å². The van der Waals surface area contributed by atoms with E-state index < -0.39 is 14.7 Å². The van der Waals surface area contributed by atoms with Crippen molar-refractivity contribution in [1.82, 2.24) is 0 Å². The third-order valence-electron chi connectivity index (χ3n) is 3.73. The molecule has 0 unspecified atom stereocenters. The summed E-state index contributed by atoms with van der Waals surface area (Å²) in [5, 5.41) is 16.5. The minimum atomic E-state index is -3.67. The molecule has 1 rings (SSSR count). The van der Waals surface area contributed by atoms with Crippen molar-refractivity contribution in [2.24, 2.45) is 0 Å². The first-order chi connectivity index (χ1) is 12.0. The topological polar surface area (TPSA) is 58.9 Å². The van der Waals surface area contributed by atoms with E-state index in [1.807, 2.05) is 0 Å². The van der Waals surface area contributed by atoms with E-state index in [1.54, 1.807) is 20.8 Å². The summed E-state index contributed by atoms with van der Waals surface area (Å²) in [4.78, 5) is 0. The van der Waals surface area contributed by atoms with Crippen LogP contribution in [0.5, 0.6) is 0 Å². The molecular formula is C19H45B3F3KO4. The first-order valence-corrected chi connectivity index (χ1v) is 9.38. The minimum Gasteiger partial charge on any atom is -0.427 e. The van der Waals surface area contributed by atoms with Gasteiger partial charge >= 0.3 is 73.2 Å². The van der Waals surface area contributed by atoms with Gasteiger partial charge < -0.3 is 25.3 Å². The maximum absolute atomic E-state index is 9.67. The van der Waals surface area contributed by atoms with Gasteiger partial charge in [-0.05, 0) is 38.3 Å². The molecule has 11 heteroatoms. The molecule has 0 spiro atoms. The van der Waals surface area contributed by atoms with Crippen molar-refractivity contribution >= 4 is 21.8 Å². The fourth-order valence-corrected chi connectivity index (χ4v) is 1.20. The first-order valence-electron chi connectivity index (χ1n) is 9.38. The maximum atomic E-state index is 9.67. The molecule has 0 aliphatic carbocycles. The van der Waals surface area contributed by atoms with Gasteiger partial charge in [0.25, 0.3) is 0 Å². The van der Waals surface area contributed by atoms with Gasteiger partial charge in [-0.1, -0.05) is 49.0 Å². The second-order valence-corrected chi connectivity index (χ2v) is 10.4. The van der Waals surface area contributed by atoms with Crippen LogP contribution in [-0.4, -0.2) is 43.0 Å². The summed E-state index contributed by atoms with van der Waals surface area (Å²) in [6, 6.07) is 0. The Hall–Kier alpha value is 1.46. The molecule has 0 bridgehead atoms. The van der Waals surface area contributed by atoms with Gasteiger partial charge in [-0.2, -0.15) is 20.8 Å². The van der Waals surface area contributed by atoms with Gasteiger partial charge in [0, 0.05) is 0 Å². The predicted molar refractivity (Wildman–Crippen MR) is 122 cm³/mol. The molecule has 1 heterocycles. The zero-order valence-corrected chi connectivity index (χ0v) is 24.2. The first kappa shape index (κ1) is 41.7. The second-order valence-electron chi connectivity index (χ2n) is 10.4. The van der Waals surface area contributed by atoms with Crippen LogP contribution in [0.4, 0.5) is 12.9 Å². The zero-order valence-electron chi connectivity index (χ0n) is 21.1. The average Bonchev–Trinajstić information content (AvgIpc) is 2.56. The largest absolute Gasteiger partial charge is 1.00 e. The molecule has 176 valence electrons. The van der Waals surface area contributed by atoms with Crippen molar-refractivity contribution in [1.29, 1.82) is 0 Å². The van der Waals surface area contributed by atoms with E-state index in [9.17, 15) is 12.9 Å². The van der Waals surface area contributed by atoms with Crippen LogP contribution in [0.1, 0.15) is 97.4 Å². The zero-order chi connectivity index (χ0) is 23.7. The smallest absolute Gasteiger partial charge is 0.427 e. The molecular weight excluding hydrogens is 421 g/mol. The van der Waals surface area contributed by atoms with Crippen LogP contribution in [0, 0.1) is 5.92 Å². The van der Waals surface area contributed by atoms with Gasteiger partial charge in [0.05, 0.1) is 11.2 Å². The van der Waals surface area contributed by atoms with Crippen molar-refractivity contribution in [2.75, 3.05) is 0 Å². The summed E-state index contributed by atoms with van der Waals surface area (Å²) in [6.07, 6.45) is 0. The van der Waals surface area contributed by atoms with Gasteiger partial charge in [0.2, 0.25) is 0 Å². The van der Waals surface area contributed by atoms with Gasteiger partial charge in [0.15, 0.2) is 0 Å². The molecule has 0 aromatic rings. The van der Waals surface area contributed by atoms with Crippen LogP contribution in [-0.2, 0) is 9.31 Å². The van der Waals surface area contributed by atoms with E-state index in [0.29, 0.717) is 0 Å². The van der Waals surface area contributed by atoms with Crippen molar-refractivity contribution in [3.63, 3.8) is 0 Å². The van der Waals surface area contributed by atoms with Crippen LogP contribution in [0.3, 0.4) is 0 Å².